The number of rotatable bonds is 5. The predicted octanol–water partition coefficient (Wildman–Crippen LogP) is 3.14. The van der Waals surface area contributed by atoms with Crippen LogP contribution in [0.1, 0.15) is 13.8 Å². The van der Waals surface area contributed by atoms with E-state index in [0.717, 1.165) is 9.50 Å². The number of aromatic nitrogens is 1. The molecule has 0 saturated carbocycles. The summed E-state index contributed by atoms with van der Waals surface area (Å²) in [6.45, 7) is 4.11. The van der Waals surface area contributed by atoms with E-state index in [9.17, 15) is 4.79 Å². The average Bonchev–Trinajstić information content (AvgIpc) is 2.28. The molecule has 1 atom stereocenters. The SMILES string of the molecule is CCOC(=O)C(C)CSc1ccc(Br)cn1. The maximum atomic E-state index is 11.4. The molecule has 0 aromatic carbocycles. The minimum Gasteiger partial charge on any atom is -0.466 e. The van der Waals surface area contributed by atoms with E-state index >= 15 is 0 Å². The molecule has 1 unspecified atom stereocenters. The highest BCUT2D eigenvalue weighted by atomic mass is 79.9. The number of ether oxygens (including phenoxy) is 1. The van der Waals surface area contributed by atoms with Crippen molar-refractivity contribution in [3.05, 3.63) is 22.8 Å². The number of pyridine rings is 1. The van der Waals surface area contributed by atoms with Crippen molar-refractivity contribution < 1.29 is 9.53 Å². The van der Waals surface area contributed by atoms with Crippen LogP contribution in [0.25, 0.3) is 0 Å². The third-order valence-electron chi connectivity index (χ3n) is 1.87. The van der Waals surface area contributed by atoms with E-state index in [-0.39, 0.29) is 11.9 Å². The maximum Gasteiger partial charge on any atom is 0.309 e. The Morgan fingerprint density at radius 3 is 2.94 bits per heavy atom. The summed E-state index contributed by atoms with van der Waals surface area (Å²) in [5.41, 5.74) is 0. The first kappa shape index (κ1) is 13.5. The average molecular weight is 304 g/mol. The van der Waals surface area contributed by atoms with Crippen LogP contribution < -0.4 is 0 Å². The summed E-state index contributed by atoms with van der Waals surface area (Å²) in [5.74, 6) is 0.440. The fraction of sp³-hybridized carbons (Fsp3) is 0.455. The van der Waals surface area contributed by atoms with Gasteiger partial charge in [0.15, 0.2) is 0 Å². The van der Waals surface area contributed by atoms with Gasteiger partial charge in [0.05, 0.1) is 17.6 Å². The molecule has 0 aliphatic heterocycles. The minimum absolute atomic E-state index is 0.101. The largest absolute Gasteiger partial charge is 0.466 e. The topological polar surface area (TPSA) is 39.2 Å². The molecule has 88 valence electrons. The van der Waals surface area contributed by atoms with E-state index in [1.54, 1.807) is 18.0 Å². The lowest BCUT2D eigenvalue weighted by Gasteiger charge is -2.09. The summed E-state index contributed by atoms with van der Waals surface area (Å²) < 4.78 is 5.88. The summed E-state index contributed by atoms with van der Waals surface area (Å²) in [5, 5.41) is 0.916. The number of thioether (sulfide) groups is 1. The van der Waals surface area contributed by atoms with Crippen molar-refractivity contribution >= 4 is 33.7 Å². The van der Waals surface area contributed by atoms with Crippen molar-refractivity contribution in [1.82, 2.24) is 4.98 Å². The van der Waals surface area contributed by atoms with Gasteiger partial charge >= 0.3 is 5.97 Å². The Bertz CT molecular complexity index is 342. The van der Waals surface area contributed by atoms with Gasteiger partial charge in [0.25, 0.3) is 0 Å². The molecule has 1 heterocycles. The highest BCUT2D eigenvalue weighted by molar-refractivity contribution is 9.10. The highest BCUT2D eigenvalue weighted by Gasteiger charge is 2.14. The molecule has 0 aliphatic rings. The minimum atomic E-state index is -0.146. The lowest BCUT2D eigenvalue weighted by molar-refractivity contribution is -0.146. The molecule has 0 bridgehead atoms. The van der Waals surface area contributed by atoms with Crippen LogP contribution in [0.3, 0.4) is 0 Å². The van der Waals surface area contributed by atoms with Gasteiger partial charge in [-0.3, -0.25) is 4.79 Å². The van der Waals surface area contributed by atoms with Crippen LogP contribution in [-0.4, -0.2) is 23.3 Å². The van der Waals surface area contributed by atoms with Gasteiger partial charge in [0.2, 0.25) is 0 Å². The number of halogens is 1. The van der Waals surface area contributed by atoms with Crippen LogP contribution in [-0.2, 0) is 9.53 Å². The molecule has 1 aromatic rings. The van der Waals surface area contributed by atoms with Gasteiger partial charge < -0.3 is 4.74 Å². The van der Waals surface area contributed by atoms with Gasteiger partial charge in [-0.2, -0.15) is 0 Å². The number of carbonyl (C=O) groups is 1. The first-order chi connectivity index (χ1) is 7.63. The number of hydrogen-bond donors (Lipinski definition) is 0. The van der Waals surface area contributed by atoms with Crippen molar-refractivity contribution in [1.29, 1.82) is 0 Å². The van der Waals surface area contributed by atoms with Crippen molar-refractivity contribution in [2.45, 2.75) is 18.9 Å². The molecule has 0 N–H and O–H groups in total. The molecular formula is C11H14BrNO2S. The zero-order valence-electron chi connectivity index (χ0n) is 9.27. The Labute approximate surface area is 108 Å². The third kappa shape index (κ3) is 4.53. The number of esters is 1. The summed E-state index contributed by atoms with van der Waals surface area (Å²) in [4.78, 5) is 15.6. The number of carbonyl (C=O) groups excluding carboxylic acids is 1. The molecule has 0 radical (unpaired) electrons. The fourth-order valence-corrected chi connectivity index (χ4v) is 2.09. The molecule has 1 aromatic heterocycles. The Morgan fingerprint density at radius 1 is 1.62 bits per heavy atom. The van der Waals surface area contributed by atoms with Crippen molar-refractivity contribution in [3.63, 3.8) is 0 Å². The number of hydrogen-bond acceptors (Lipinski definition) is 4. The molecule has 0 aliphatic carbocycles. The van der Waals surface area contributed by atoms with Crippen LogP contribution in [0.2, 0.25) is 0 Å². The van der Waals surface area contributed by atoms with E-state index in [4.69, 9.17) is 4.74 Å². The molecule has 3 nitrogen and oxygen atoms in total. The zero-order chi connectivity index (χ0) is 12.0. The van der Waals surface area contributed by atoms with Crippen LogP contribution in [0.5, 0.6) is 0 Å². The normalized spacial score (nSPS) is 12.2. The summed E-state index contributed by atoms with van der Waals surface area (Å²) >= 11 is 4.88. The fourth-order valence-electron chi connectivity index (χ4n) is 1.01. The van der Waals surface area contributed by atoms with Gasteiger partial charge in [-0.15, -0.1) is 11.8 Å². The van der Waals surface area contributed by atoms with Crippen LogP contribution in [0.15, 0.2) is 27.8 Å². The molecular weight excluding hydrogens is 290 g/mol. The van der Waals surface area contributed by atoms with E-state index in [1.165, 1.54) is 0 Å². The second-order valence-electron chi connectivity index (χ2n) is 3.28. The second kappa shape index (κ2) is 6.91. The zero-order valence-corrected chi connectivity index (χ0v) is 11.7. The molecule has 5 heteroatoms. The Morgan fingerprint density at radius 2 is 2.38 bits per heavy atom. The Balaban J connectivity index is 2.39. The van der Waals surface area contributed by atoms with E-state index < -0.39 is 0 Å². The number of nitrogens with zero attached hydrogens (tertiary/aromatic N) is 1. The lowest BCUT2D eigenvalue weighted by atomic mass is 10.2. The lowest BCUT2D eigenvalue weighted by Crippen LogP contribution is -2.16. The van der Waals surface area contributed by atoms with Crippen LogP contribution >= 0.6 is 27.7 Å². The second-order valence-corrected chi connectivity index (χ2v) is 5.23. The van der Waals surface area contributed by atoms with Crippen molar-refractivity contribution in [3.8, 4) is 0 Å². The van der Waals surface area contributed by atoms with E-state index in [0.29, 0.717) is 12.4 Å². The molecule has 0 saturated heterocycles. The van der Waals surface area contributed by atoms with E-state index in [1.807, 2.05) is 26.0 Å². The highest BCUT2D eigenvalue weighted by Crippen LogP contribution is 2.20. The summed E-state index contributed by atoms with van der Waals surface area (Å²) in [7, 11) is 0. The summed E-state index contributed by atoms with van der Waals surface area (Å²) in [6.07, 6.45) is 1.75. The Hall–Kier alpha value is -0.550. The van der Waals surface area contributed by atoms with Crippen LogP contribution in [0.4, 0.5) is 0 Å². The maximum absolute atomic E-state index is 11.4. The monoisotopic (exact) mass is 303 g/mol. The van der Waals surface area contributed by atoms with Gasteiger partial charge in [-0.05, 0) is 35.0 Å². The van der Waals surface area contributed by atoms with Gasteiger partial charge in [-0.1, -0.05) is 6.92 Å². The first-order valence-corrected chi connectivity index (χ1v) is 6.82. The third-order valence-corrected chi connectivity index (χ3v) is 3.54. The van der Waals surface area contributed by atoms with Gasteiger partial charge in [0, 0.05) is 16.4 Å². The molecule has 0 spiro atoms. The van der Waals surface area contributed by atoms with Crippen LogP contribution in [0, 0.1) is 5.92 Å². The molecule has 1 rings (SSSR count). The van der Waals surface area contributed by atoms with Gasteiger partial charge in [-0.25, -0.2) is 4.98 Å². The Kier molecular flexibility index (Phi) is 5.84. The first-order valence-electron chi connectivity index (χ1n) is 5.04. The quantitative estimate of drug-likeness (QED) is 0.619. The molecule has 0 amide bonds. The predicted molar refractivity (Wildman–Crippen MR) is 68.5 cm³/mol. The smallest absolute Gasteiger partial charge is 0.309 e. The van der Waals surface area contributed by atoms with Crippen molar-refractivity contribution in [2.75, 3.05) is 12.4 Å². The van der Waals surface area contributed by atoms with E-state index in [2.05, 4.69) is 20.9 Å². The standard InChI is InChI=1S/C11H14BrNO2S/c1-3-15-11(14)8(2)7-16-10-5-4-9(12)6-13-10/h4-6,8H,3,7H2,1-2H3. The molecule has 0 fully saturated rings. The van der Waals surface area contributed by atoms with Gasteiger partial charge in [0.1, 0.15) is 0 Å². The van der Waals surface area contributed by atoms with Crippen molar-refractivity contribution in [2.24, 2.45) is 5.92 Å². The molecule has 16 heavy (non-hydrogen) atoms. The summed E-state index contributed by atoms with van der Waals surface area (Å²) in [6, 6.07) is 3.86.